The smallest absolute Gasteiger partial charge is 0.226 e. The van der Waals surface area contributed by atoms with E-state index in [4.69, 9.17) is 0 Å². The lowest BCUT2D eigenvalue weighted by molar-refractivity contribution is 1.37. The Labute approximate surface area is 74.0 Å². The Morgan fingerprint density at radius 3 is 1.77 bits per heavy atom. The van der Waals surface area contributed by atoms with Gasteiger partial charge in [-0.2, -0.15) is 0 Å². The third kappa shape index (κ3) is 1.36. The van der Waals surface area contributed by atoms with Crippen molar-refractivity contribution in [2.24, 2.45) is 0 Å². The molecule has 0 unspecified atom stereocenters. The van der Waals surface area contributed by atoms with E-state index in [2.05, 4.69) is 4.98 Å². The molecule has 0 aromatic heterocycles. The maximum absolute atomic E-state index is 11.0. The van der Waals surface area contributed by atoms with Crippen molar-refractivity contribution >= 4 is 0 Å². The zero-order valence-electron chi connectivity index (χ0n) is 6.78. The monoisotopic (exact) mass is 173 g/mol. The number of fused-ring (bicyclic) bond motifs is 1. The van der Waals surface area contributed by atoms with E-state index in [9.17, 15) is 9.59 Å². The summed E-state index contributed by atoms with van der Waals surface area (Å²) >= 11 is 0. The molecule has 0 amide bonds. The van der Waals surface area contributed by atoms with Crippen LogP contribution < -0.4 is 10.9 Å². The predicted octanol–water partition coefficient (Wildman–Crippen LogP) is 0.840. The van der Waals surface area contributed by atoms with E-state index in [1.165, 1.54) is 12.1 Å². The summed E-state index contributed by atoms with van der Waals surface area (Å²) in [6.07, 6.45) is 3.43. The largest absolute Gasteiger partial charge is 0.368 e. The van der Waals surface area contributed by atoms with Crippen molar-refractivity contribution in [1.29, 1.82) is 0 Å². The Balaban J connectivity index is 2.94. The van der Waals surface area contributed by atoms with Crippen molar-refractivity contribution in [2.75, 3.05) is 0 Å². The first-order chi connectivity index (χ1) is 6.27. The highest BCUT2D eigenvalue weighted by Gasteiger charge is 2.01. The molecule has 0 spiro atoms. The van der Waals surface area contributed by atoms with Crippen LogP contribution in [0.15, 0.2) is 46.2 Å². The van der Waals surface area contributed by atoms with Gasteiger partial charge in [0, 0.05) is 12.4 Å². The SMILES string of the molecule is O=c1cc2cc[nH]ccc-2cc1=O. The lowest BCUT2D eigenvalue weighted by atomic mass is 10.1. The van der Waals surface area contributed by atoms with E-state index in [0.717, 1.165) is 11.1 Å². The van der Waals surface area contributed by atoms with Gasteiger partial charge in [-0.05, 0) is 35.4 Å². The second-order valence-electron chi connectivity index (χ2n) is 2.76. The van der Waals surface area contributed by atoms with Crippen LogP contribution in [0.3, 0.4) is 0 Å². The normalized spacial score (nSPS) is 10.2. The number of aromatic nitrogens is 1. The number of H-pyrrole nitrogens is 1. The van der Waals surface area contributed by atoms with Gasteiger partial charge in [0.1, 0.15) is 0 Å². The van der Waals surface area contributed by atoms with E-state index in [0.29, 0.717) is 0 Å². The minimum Gasteiger partial charge on any atom is -0.368 e. The molecule has 1 N–H and O–H groups in total. The average molecular weight is 173 g/mol. The maximum Gasteiger partial charge on any atom is 0.226 e. The van der Waals surface area contributed by atoms with Gasteiger partial charge in [0.15, 0.2) is 0 Å². The number of hydrogen-bond acceptors (Lipinski definition) is 2. The highest BCUT2D eigenvalue weighted by molar-refractivity contribution is 5.62. The third-order valence-corrected chi connectivity index (χ3v) is 1.87. The average Bonchev–Trinajstić information content (AvgIpc) is 2.31. The first-order valence-electron chi connectivity index (χ1n) is 3.88. The molecular weight excluding hydrogens is 166 g/mol. The van der Waals surface area contributed by atoms with Crippen molar-refractivity contribution < 1.29 is 0 Å². The second-order valence-corrected chi connectivity index (χ2v) is 2.76. The Hall–Kier alpha value is -1.90. The molecule has 0 radical (unpaired) electrons. The van der Waals surface area contributed by atoms with Crippen molar-refractivity contribution in [3.8, 4) is 11.1 Å². The standard InChI is InChI=1S/C10H7NO2/c12-9-5-7-1-3-11-4-2-8(7)6-10(9)13/h1-6,11H. The van der Waals surface area contributed by atoms with Crippen LogP contribution in [0.25, 0.3) is 11.1 Å². The molecule has 3 nitrogen and oxygen atoms in total. The molecule has 0 bridgehead atoms. The van der Waals surface area contributed by atoms with Crippen LogP contribution in [0.4, 0.5) is 0 Å². The van der Waals surface area contributed by atoms with Crippen LogP contribution in [0.2, 0.25) is 0 Å². The number of aromatic amines is 1. The molecule has 2 rings (SSSR count). The number of hydrogen-bond donors (Lipinski definition) is 1. The van der Waals surface area contributed by atoms with Crippen molar-refractivity contribution in [2.45, 2.75) is 0 Å². The van der Waals surface area contributed by atoms with Crippen LogP contribution in [0.5, 0.6) is 0 Å². The van der Waals surface area contributed by atoms with Gasteiger partial charge in [-0.25, -0.2) is 0 Å². The van der Waals surface area contributed by atoms with Crippen LogP contribution >= 0.6 is 0 Å². The molecule has 0 fully saturated rings. The molecule has 1 aliphatic carbocycles. The first kappa shape index (κ1) is 7.73. The van der Waals surface area contributed by atoms with E-state index in [1.807, 2.05) is 0 Å². The zero-order chi connectivity index (χ0) is 9.26. The van der Waals surface area contributed by atoms with Crippen molar-refractivity contribution in [3.05, 3.63) is 57.1 Å². The van der Waals surface area contributed by atoms with Gasteiger partial charge in [-0.1, -0.05) is 0 Å². The lowest BCUT2D eigenvalue weighted by Crippen LogP contribution is -2.21. The zero-order valence-corrected chi connectivity index (χ0v) is 6.78. The summed E-state index contributed by atoms with van der Waals surface area (Å²) in [5.74, 6) is 0. The Kier molecular flexibility index (Phi) is 1.70. The molecule has 1 aliphatic heterocycles. The molecule has 13 heavy (non-hydrogen) atoms. The van der Waals surface area contributed by atoms with Crippen LogP contribution in [0, 0.1) is 0 Å². The van der Waals surface area contributed by atoms with Gasteiger partial charge in [0.25, 0.3) is 0 Å². The summed E-state index contributed by atoms with van der Waals surface area (Å²) in [7, 11) is 0. The van der Waals surface area contributed by atoms with Crippen LogP contribution in [0.1, 0.15) is 0 Å². The number of rotatable bonds is 0. The maximum atomic E-state index is 11.0. The van der Waals surface area contributed by atoms with Crippen LogP contribution in [-0.2, 0) is 0 Å². The van der Waals surface area contributed by atoms with E-state index < -0.39 is 10.9 Å². The van der Waals surface area contributed by atoms with E-state index in [1.54, 1.807) is 24.5 Å². The van der Waals surface area contributed by atoms with Crippen LogP contribution in [-0.4, -0.2) is 4.98 Å². The number of nitrogens with one attached hydrogen (secondary N) is 1. The van der Waals surface area contributed by atoms with Crippen molar-refractivity contribution in [1.82, 2.24) is 4.98 Å². The molecule has 3 heteroatoms. The quantitative estimate of drug-likeness (QED) is 0.600. The van der Waals surface area contributed by atoms with Gasteiger partial charge < -0.3 is 4.98 Å². The molecule has 64 valence electrons. The van der Waals surface area contributed by atoms with Gasteiger partial charge in [0.2, 0.25) is 10.9 Å². The topological polar surface area (TPSA) is 49.9 Å². The van der Waals surface area contributed by atoms with E-state index in [-0.39, 0.29) is 0 Å². The minimum atomic E-state index is -0.460. The Morgan fingerprint density at radius 2 is 1.31 bits per heavy atom. The van der Waals surface area contributed by atoms with Gasteiger partial charge in [-0.3, -0.25) is 9.59 Å². The van der Waals surface area contributed by atoms with E-state index >= 15 is 0 Å². The minimum absolute atomic E-state index is 0.460. The number of benzene rings is 1. The fourth-order valence-electron chi connectivity index (χ4n) is 1.21. The first-order valence-corrected chi connectivity index (χ1v) is 3.88. The summed E-state index contributed by atoms with van der Waals surface area (Å²) < 4.78 is 0. The second kappa shape index (κ2) is 2.86. The summed E-state index contributed by atoms with van der Waals surface area (Å²) in [6.45, 7) is 0. The highest BCUT2D eigenvalue weighted by Crippen LogP contribution is 2.13. The fraction of sp³-hybridized carbons (Fsp3) is 0. The fourth-order valence-corrected chi connectivity index (χ4v) is 1.21. The molecule has 1 heterocycles. The molecule has 0 saturated carbocycles. The summed E-state index contributed by atoms with van der Waals surface area (Å²) in [5, 5.41) is 0. The molecule has 0 saturated heterocycles. The van der Waals surface area contributed by atoms with Gasteiger partial charge in [0.05, 0.1) is 0 Å². The Morgan fingerprint density at radius 1 is 0.846 bits per heavy atom. The molecule has 2 aliphatic rings. The molecule has 0 aromatic carbocycles. The van der Waals surface area contributed by atoms with Crippen molar-refractivity contribution in [3.63, 3.8) is 0 Å². The highest BCUT2D eigenvalue weighted by atomic mass is 16.2. The molecule has 0 aromatic rings. The third-order valence-electron chi connectivity index (χ3n) is 1.87. The van der Waals surface area contributed by atoms with Gasteiger partial charge >= 0.3 is 0 Å². The molecular formula is C10H7NO2. The summed E-state index contributed by atoms with van der Waals surface area (Å²) in [4.78, 5) is 24.9. The summed E-state index contributed by atoms with van der Waals surface area (Å²) in [6, 6.07) is 6.23. The Bertz CT molecular complexity index is 469. The predicted molar refractivity (Wildman–Crippen MR) is 50.0 cm³/mol. The molecule has 0 atom stereocenters. The lowest BCUT2D eigenvalue weighted by Gasteiger charge is -1.95. The van der Waals surface area contributed by atoms with Gasteiger partial charge in [-0.15, -0.1) is 0 Å². The summed E-state index contributed by atoms with van der Waals surface area (Å²) in [5.41, 5.74) is 0.620.